The predicted molar refractivity (Wildman–Crippen MR) is 134 cm³/mol. The molecule has 0 aliphatic carbocycles. The Bertz CT molecular complexity index is 1420. The van der Waals surface area contributed by atoms with E-state index in [-0.39, 0.29) is 11.8 Å². The lowest BCUT2D eigenvalue weighted by Gasteiger charge is -2.18. The van der Waals surface area contributed by atoms with Gasteiger partial charge in [0.25, 0.3) is 5.91 Å². The molecule has 0 spiro atoms. The molecule has 34 heavy (non-hydrogen) atoms. The fourth-order valence-corrected chi connectivity index (χ4v) is 4.91. The summed E-state index contributed by atoms with van der Waals surface area (Å²) in [6.45, 7) is 0. The highest BCUT2D eigenvalue weighted by atomic mass is 32.1. The zero-order valence-electron chi connectivity index (χ0n) is 18.4. The average molecular weight is 467 g/mol. The lowest BCUT2D eigenvalue weighted by Crippen LogP contribution is -2.44. The molecule has 2 N–H and O–H groups in total. The van der Waals surface area contributed by atoms with Crippen LogP contribution in [-0.4, -0.2) is 21.4 Å². The molecule has 0 aliphatic heterocycles. The van der Waals surface area contributed by atoms with Crippen molar-refractivity contribution in [2.24, 2.45) is 7.05 Å². The third kappa shape index (κ3) is 4.21. The van der Waals surface area contributed by atoms with Crippen LogP contribution in [0.3, 0.4) is 0 Å². The highest BCUT2D eigenvalue weighted by molar-refractivity contribution is 7.17. The van der Waals surface area contributed by atoms with Crippen molar-refractivity contribution in [1.82, 2.24) is 20.4 Å². The molecule has 3 aromatic carbocycles. The molecule has 0 saturated heterocycles. The van der Waals surface area contributed by atoms with Gasteiger partial charge in [-0.2, -0.15) is 0 Å². The minimum Gasteiger partial charge on any atom is -0.326 e. The molecular formula is C27H22N4O2S. The van der Waals surface area contributed by atoms with E-state index in [0.717, 1.165) is 32.9 Å². The topological polar surface area (TPSA) is 76.0 Å². The number of amides is 2. The lowest BCUT2D eigenvalue weighted by atomic mass is 9.91. The smallest absolute Gasteiger partial charge is 0.279 e. The highest BCUT2D eigenvalue weighted by Gasteiger charge is 2.23. The summed E-state index contributed by atoms with van der Waals surface area (Å²) < 4.78 is 2.01. The van der Waals surface area contributed by atoms with Crippen molar-refractivity contribution in [3.05, 3.63) is 113 Å². The number of hydrogen-bond donors (Lipinski definition) is 2. The van der Waals surface area contributed by atoms with Crippen LogP contribution in [0.15, 0.2) is 97.1 Å². The highest BCUT2D eigenvalue weighted by Crippen LogP contribution is 2.30. The molecule has 5 rings (SSSR count). The number of fused-ring (bicyclic) bond motifs is 1. The van der Waals surface area contributed by atoms with Crippen molar-refractivity contribution in [1.29, 1.82) is 0 Å². The first-order valence-corrected chi connectivity index (χ1v) is 11.7. The summed E-state index contributed by atoms with van der Waals surface area (Å²) in [6.07, 6.45) is 0. The van der Waals surface area contributed by atoms with Crippen molar-refractivity contribution < 1.29 is 9.59 Å². The number of hydrogen-bond acceptors (Lipinski definition) is 4. The van der Waals surface area contributed by atoms with E-state index < -0.39 is 5.92 Å². The number of thiophene rings is 1. The third-order valence-corrected chi connectivity index (χ3v) is 6.74. The minimum absolute atomic E-state index is 0.308. The van der Waals surface area contributed by atoms with E-state index in [1.165, 1.54) is 11.3 Å². The second kappa shape index (κ2) is 9.33. The molecule has 2 heterocycles. The number of imidazole rings is 1. The van der Waals surface area contributed by atoms with Crippen molar-refractivity contribution in [2.45, 2.75) is 5.92 Å². The van der Waals surface area contributed by atoms with E-state index in [4.69, 9.17) is 4.98 Å². The van der Waals surface area contributed by atoms with E-state index >= 15 is 0 Å². The Labute approximate surface area is 200 Å². The number of nitrogens with one attached hydrogen (secondary N) is 2. The number of rotatable bonds is 5. The first kappa shape index (κ1) is 21.6. The Morgan fingerprint density at radius 2 is 1.41 bits per heavy atom. The number of nitrogens with zero attached hydrogens (tertiary/aromatic N) is 2. The molecule has 2 aromatic heterocycles. The Hall–Kier alpha value is -4.23. The standard InChI is InChI=1S/C27H22N4O2S/c1-31-21-15-9-8-14-20(21)28-25(31)22-16-17-23(34-22)26(32)29-30-27(33)24(18-10-4-2-5-11-18)19-12-6-3-7-13-19/h2-17,24H,1H3,(H,29,32)(H,30,33). The first-order valence-electron chi connectivity index (χ1n) is 10.8. The number of aryl methyl sites for hydroxylation is 1. The predicted octanol–water partition coefficient (Wildman–Crippen LogP) is 4.89. The van der Waals surface area contributed by atoms with Crippen LogP contribution in [0.25, 0.3) is 21.7 Å². The van der Waals surface area contributed by atoms with Gasteiger partial charge in [0.15, 0.2) is 5.82 Å². The Kier molecular flexibility index (Phi) is 5.93. The van der Waals surface area contributed by atoms with Crippen molar-refractivity contribution >= 4 is 34.2 Å². The van der Waals surface area contributed by atoms with E-state index in [2.05, 4.69) is 10.9 Å². The maximum atomic E-state index is 13.1. The fourth-order valence-electron chi connectivity index (χ4n) is 3.98. The second-order valence-electron chi connectivity index (χ2n) is 7.84. The number of carbonyl (C=O) groups is 2. The Morgan fingerprint density at radius 3 is 2.06 bits per heavy atom. The maximum Gasteiger partial charge on any atom is 0.279 e. The molecule has 0 unspecified atom stereocenters. The number of hydrazine groups is 1. The molecule has 7 heteroatoms. The van der Waals surface area contributed by atoms with E-state index in [1.54, 1.807) is 6.07 Å². The number of para-hydroxylation sites is 2. The van der Waals surface area contributed by atoms with Gasteiger partial charge in [-0.15, -0.1) is 11.3 Å². The SMILES string of the molecule is Cn1c(-c2ccc(C(=O)NNC(=O)C(c3ccccc3)c3ccccc3)s2)nc2ccccc21. The molecule has 0 aliphatic rings. The van der Waals surface area contributed by atoms with Crippen LogP contribution in [0.5, 0.6) is 0 Å². The largest absolute Gasteiger partial charge is 0.326 e. The molecule has 5 aromatic rings. The minimum atomic E-state index is -0.540. The maximum absolute atomic E-state index is 13.1. The van der Waals surface area contributed by atoms with Crippen LogP contribution < -0.4 is 10.9 Å². The summed E-state index contributed by atoms with van der Waals surface area (Å²) in [5, 5.41) is 0. The van der Waals surface area contributed by atoms with Gasteiger partial charge in [-0.3, -0.25) is 20.4 Å². The molecular weight excluding hydrogens is 444 g/mol. The van der Waals surface area contributed by atoms with Crippen LogP contribution in [0.2, 0.25) is 0 Å². The molecule has 0 saturated carbocycles. The van der Waals surface area contributed by atoms with Gasteiger partial charge in [0.2, 0.25) is 5.91 Å². The van der Waals surface area contributed by atoms with Crippen LogP contribution in [0.1, 0.15) is 26.7 Å². The zero-order valence-corrected chi connectivity index (χ0v) is 19.3. The molecule has 0 atom stereocenters. The van der Waals surface area contributed by atoms with Gasteiger partial charge in [0, 0.05) is 7.05 Å². The van der Waals surface area contributed by atoms with Crippen molar-refractivity contribution in [2.75, 3.05) is 0 Å². The molecule has 6 nitrogen and oxygen atoms in total. The summed E-state index contributed by atoms with van der Waals surface area (Å²) in [5.41, 5.74) is 8.80. The summed E-state index contributed by atoms with van der Waals surface area (Å²) >= 11 is 1.33. The van der Waals surface area contributed by atoms with Gasteiger partial charge in [-0.05, 0) is 35.4 Å². The molecule has 168 valence electrons. The van der Waals surface area contributed by atoms with Gasteiger partial charge in [-0.1, -0.05) is 72.8 Å². The Morgan fingerprint density at radius 1 is 0.794 bits per heavy atom. The lowest BCUT2D eigenvalue weighted by molar-refractivity contribution is -0.122. The van der Waals surface area contributed by atoms with E-state index in [0.29, 0.717) is 4.88 Å². The number of aromatic nitrogens is 2. The molecule has 0 radical (unpaired) electrons. The molecule has 0 fully saturated rings. The zero-order chi connectivity index (χ0) is 23.5. The van der Waals surface area contributed by atoms with Crippen molar-refractivity contribution in [3.63, 3.8) is 0 Å². The monoisotopic (exact) mass is 466 g/mol. The van der Waals surface area contributed by atoms with Crippen molar-refractivity contribution in [3.8, 4) is 10.7 Å². The molecule has 0 bridgehead atoms. The normalized spacial score (nSPS) is 11.0. The number of carbonyl (C=O) groups excluding carboxylic acids is 2. The van der Waals surface area contributed by atoms with Crippen LogP contribution in [0, 0.1) is 0 Å². The van der Waals surface area contributed by atoms with Gasteiger partial charge in [0.05, 0.1) is 26.7 Å². The average Bonchev–Trinajstić information content (AvgIpc) is 3.49. The van der Waals surface area contributed by atoms with Crippen LogP contribution in [0.4, 0.5) is 0 Å². The summed E-state index contributed by atoms with van der Waals surface area (Å²) in [5.74, 6) is -0.426. The van der Waals surface area contributed by atoms with Gasteiger partial charge < -0.3 is 4.57 Å². The van der Waals surface area contributed by atoms with Gasteiger partial charge in [-0.25, -0.2) is 4.98 Å². The summed E-state index contributed by atoms with van der Waals surface area (Å²) in [6, 6.07) is 30.5. The van der Waals surface area contributed by atoms with E-state index in [1.807, 2.05) is 103 Å². The van der Waals surface area contributed by atoms with Crippen LogP contribution in [-0.2, 0) is 11.8 Å². The fraction of sp³-hybridized carbons (Fsp3) is 0.0741. The number of benzene rings is 3. The van der Waals surface area contributed by atoms with E-state index in [9.17, 15) is 9.59 Å². The Balaban J connectivity index is 1.32. The quantitative estimate of drug-likeness (QED) is 0.362. The van der Waals surface area contributed by atoms with Gasteiger partial charge >= 0.3 is 0 Å². The second-order valence-corrected chi connectivity index (χ2v) is 8.93. The third-order valence-electron chi connectivity index (χ3n) is 5.66. The summed E-state index contributed by atoms with van der Waals surface area (Å²) in [7, 11) is 1.96. The molecule has 2 amide bonds. The first-order chi connectivity index (χ1) is 16.6. The van der Waals surface area contributed by atoms with Crippen LogP contribution >= 0.6 is 11.3 Å². The summed E-state index contributed by atoms with van der Waals surface area (Å²) in [4.78, 5) is 32.0. The van der Waals surface area contributed by atoms with Gasteiger partial charge in [0.1, 0.15) is 0 Å².